The predicted molar refractivity (Wildman–Crippen MR) is 236 cm³/mol. The van der Waals surface area contributed by atoms with Crippen molar-refractivity contribution in [2.24, 2.45) is 0 Å². The lowest BCUT2D eigenvalue weighted by Crippen LogP contribution is -2.10. The van der Waals surface area contributed by atoms with E-state index < -0.39 is 47.5 Å². The van der Waals surface area contributed by atoms with Gasteiger partial charge in [-0.1, -0.05) is 97.1 Å². The number of amides is 2. The Balaban J connectivity index is 1.57. The maximum Gasteiger partial charge on any atom is 0.328 e. The highest BCUT2D eigenvalue weighted by Gasteiger charge is 2.22. The molecule has 5 aromatic rings. The van der Waals surface area contributed by atoms with Gasteiger partial charge < -0.3 is 31.1 Å². The first-order valence-corrected chi connectivity index (χ1v) is 19.4. The number of carboxylic acid groups (broad SMARTS) is 4. The van der Waals surface area contributed by atoms with E-state index in [0.717, 1.165) is 82.0 Å². The largest absolute Gasteiger partial charge is 0.478 e. The number of benzene rings is 5. The molecule has 0 radical (unpaired) electrons. The molecule has 5 aromatic carbocycles. The number of aliphatic carboxylic acids is 4. The quantitative estimate of drug-likeness (QED) is 0.0354. The van der Waals surface area contributed by atoms with Crippen LogP contribution in [0, 0.1) is 0 Å². The molecule has 0 saturated carbocycles. The zero-order chi connectivity index (χ0) is 46.2. The molecule has 0 spiro atoms. The molecule has 6 N–H and O–H groups in total. The second kappa shape index (κ2) is 22.2. The third kappa shape index (κ3) is 14.2. The van der Waals surface area contributed by atoms with Crippen LogP contribution in [0.25, 0.3) is 0 Å². The van der Waals surface area contributed by atoms with Crippen LogP contribution in [0.3, 0.4) is 0 Å². The van der Waals surface area contributed by atoms with Crippen LogP contribution in [-0.2, 0) is 51.2 Å². The monoisotopic (exact) mass is 860 g/mol. The standard InChI is InChI=1S/C50H40N2O12/c53-41(20-24-45(57)58)28-31-4-8-33(9-5-31)49(34-10-6-32(7-11-34)29-42(54)21-25-46(59)60)37-2-1-3-38(30-37)50(35-12-16-39(17-13-35)51-43(55)22-26-47(61)62)36-14-18-40(19-15-36)52-44(56)23-27-48(63)64/h1-27,30,49-50H,28-29H2,(H,51,55)(H,52,56)(H,57,58)(H,59,60)(H,61,62)(H,63,64)/b24-20+,25-21+,26-22+,27-23+. The van der Waals surface area contributed by atoms with E-state index in [1.807, 2.05) is 72.8 Å². The van der Waals surface area contributed by atoms with Crippen LogP contribution < -0.4 is 10.6 Å². The molecule has 0 heterocycles. The molecule has 0 aliphatic heterocycles. The molecule has 14 heteroatoms. The van der Waals surface area contributed by atoms with Gasteiger partial charge in [-0.3, -0.25) is 19.2 Å². The highest BCUT2D eigenvalue weighted by Crippen LogP contribution is 2.38. The molecule has 2 amide bonds. The first kappa shape index (κ1) is 46.3. The topological polar surface area (TPSA) is 242 Å². The summed E-state index contributed by atoms with van der Waals surface area (Å²) >= 11 is 0. The van der Waals surface area contributed by atoms with Gasteiger partial charge in [0.1, 0.15) is 0 Å². The van der Waals surface area contributed by atoms with Crippen LogP contribution in [0.5, 0.6) is 0 Å². The molecule has 0 saturated heterocycles. The predicted octanol–water partition coefficient (Wildman–Crippen LogP) is 6.71. The molecule has 5 rings (SSSR count). The molecule has 64 heavy (non-hydrogen) atoms. The second-order valence-corrected chi connectivity index (χ2v) is 14.2. The van der Waals surface area contributed by atoms with Crippen molar-refractivity contribution in [3.8, 4) is 0 Å². The smallest absolute Gasteiger partial charge is 0.328 e. The Morgan fingerprint density at radius 1 is 0.375 bits per heavy atom. The number of hydrogen-bond acceptors (Lipinski definition) is 8. The van der Waals surface area contributed by atoms with E-state index in [9.17, 15) is 38.4 Å². The van der Waals surface area contributed by atoms with Crippen LogP contribution in [-0.4, -0.2) is 67.7 Å². The molecular formula is C50H40N2O12. The Labute approximate surface area is 366 Å². The van der Waals surface area contributed by atoms with Crippen LogP contribution in [0.2, 0.25) is 0 Å². The Morgan fingerprint density at radius 2 is 0.672 bits per heavy atom. The van der Waals surface area contributed by atoms with Gasteiger partial charge >= 0.3 is 23.9 Å². The van der Waals surface area contributed by atoms with Gasteiger partial charge in [0, 0.05) is 72.5 Å². The van der Waals surface area contributed by atoms with E-state index in [-0.39, 0.29) is 24.4 Å². The minimum absolute atomic E-state index is 0.0199. The van der Waals surface area contributed by atoms with Gasteiger partial charge in [-0.2, -0.15) is 0 Å². The van der Waals surface area contributed by atoms with Crippen molar-refractivity contribution in [2.45, 2.75) is 24.7 Å². The van der Waals surface area contributed by atoms with Crippen molar-refractivity contribution in [3.63, 3.8) is 0 Å². The summed E-state index contributed by atoms with van der Waals surface area (Å²) in [5.41, 5.74) is 7.12. The lowest BCUT2D eigenvalue weighted by Gasteiger charge is -2.24. The van der Waals surface area contributed by atoms with Gasteiger partial charge in [-0.25, -0.2) is 19.2 Å². The van der Waals surface area contributed by atoms with E-state index in [2.05, 4.69) is 10.6 Å². The maximum atomic E-state index is 12.4. The number of ketones is 2. The van der Waals surface area contributed by atoms with Crippen molar-refractivity contribution in [3.05, 3.63) is 214 Å². The highest BCUT2D eigenvalue weighted by molar-refractivity contribution is 6.03. The Morgan fingerprint density at radius 3 is 0.984 bits per heavy atom. The average Bonchev–Trinajstić information content (AvgIpc) is 3.26. The van der Waals surface area contributed by atoms with Gasteiger partial charge in [0.25, 0.3) is 0 Å². The molecule has 0 aromatic heterocycles. The van der Waals surface area contributed by atoms with Crippen LogP contribution in [0.4, 0.5) is 11.4 Å². The lowest BCUT2D eigenvalue weighted by molar-refractivity contribution is -0.132. The number of carbonyl (C=O) groups excluding carboxylic acids is 4. The summed E-state index contributed by atoms with van der Waals surface area (Å²) in [5.74, 6) is -7.88. The number of carboxylic acids is 4. The molecule has 0 unspecified atom stereocenters. The first-order chi connectivity index (χ1) is 30.6. The molecule has 0 fully saturated rings. The van der Waals surface area contributed by atoms with Crippen LogP contribution >= 0.6 is 0 Å². The molecule has 14 nitrogen and oxygen atoms in total. The molecule has 0 atom stereocenters. The van der Waals surface area contributed by atoms with E-state index in [1.165, 1.54) is 0 Å². The van der Waals surface area contributed by atoms with E-state index in [4.69, 9.17) is 20.4 Å². The van der Waals surface area contributed by atoms with Crippen LogP contribution in [0.15, 0.2) is 170 Å². The summed E-state index contributed by atoms with van der Waals surface area (Å²) < 4.78 is 0. The van der Waals surface area contributed by atoms with Crippen molar-refractivity contribution < 1.29 is 58.8 Å². The van der Waals surface area contributed by atoms with E-state index >= 15 is 0 Å². The van der Waals surface area contributed by atoms with Crippen molar-refractivity contribution in [1.82, 2.24) is 0 Å². The summed E-state index contributed by atoms with van der Waals surface area (Å²) in [6.45, 7) is 0. The fraction of sp³-hybridized carbons (Fsp3) is 0.0800. The Bertz CT molecular complexity index is 2330. The molecule has 0 aliphatic rings. The van der Waals surface area contributed by atoms with E-state index in [0.29, 0.717) is 22.5 Å². The van der Waals surface area contributed by atoms with Gasteiger partial charge in [0.15, 0.2) is 11.6 Å². The number of rotatable bonds is 20. The van der Waals surface area contributed by atoms with Gasteiger partial charge in [-0.15, -0.1) is 0 Å². The first-order valence-electron chi connectivity index (χ1n) is 19.4. The normalized spacial score (nSPS) is 11.4. The van der Waals surface area contributed by atoms with Crippen molar-refractivity contribution >= 4 is 58.6 Å². The summed E-state index contributed by atoms with van der Waals surface area (Å²) in [6, 6.07) is 36.5. The summed E-state index contributed by atoms with van der Waals surface area (Å²) in [4.78, 5) is 93.2. The number of nitrogens with one attached hydrogen (secondary N) is 2. The summed E-state index contributed by atoms with van der Waals surface area (Å²) in [6.07, 6.45) is 6.82. The third-order valence-electron chi connectivity index (χ3n) is 9.56. The number of hydrogen-bond donors (Lipinski definition) is 6. The average molecular weight is 861 g/mol. The van der Waals surface area contributed by atoms with Crippen molar-refractivity contribution in [2.75, 3.05) is 10.6 Å². The molecule has 0 aliphatic carbocycles. The zero-order valence-electron chi connectivity index (χ0n) is 33.8. The minimum atomic E-state index is -1.27. The second-order valence-electron chi connectivity index (χ2n) is 14.2. The molecular weight excluding hydrogens is 821 g/mol. The fourth-order valence-corrected chi connectivity index (χ4v) is 6.76. The molecule has 0 bridgehead atoms. The number of anilines is 2. The van der Waals surface area contributed by atoms with Gasteiger partial charge in [0.05, 0.1) is 0 Å². The van der Waals surface area contributed by atoms with Crippen molar-refractivity contribution in [1.29, 1.82) is 0 Å². The van der Waals surface area contributed by atoms with E-state index in [1.54, 1.807) is 48.5 Å². The molecule has 322 valence electrons. The summed E-state index contributed by atoms with van der Waals surface area (Å²) in [7, 11) is 0. The third-order valence-corrected chi connectivity index (χ3v) is 9.56. The minimum Gasteiger partial charge on any atom is -0.478 e. The number of carbonyl (C=O) groups is 8. The van der Waals surface area contributed by atoms with Gasteiger partial charge in [-0.05, 0) is 80.9 Å². The Hall–Kier alpha value is -8.78. The SMILES string of the molecule is O=C(O)/C=C/C(=O)Cc1ccc(C(c2ccc(CC(=O)/C=C/C(=O)O)cc2)c2cccc(C(c3ccc(NC(=O)/C=C/C(=O)O)cc3)c3ccc(NC(=O)/C=C/C(=O)O)cc3)c2)cc1. The zero-order valence-corrected chi connectivity index (χ0v) is 33.8. The fourth-order valence-electron chi connectivity index (χ4n) is 6.76. The summed E-state index contributed by atoms with van der Waals surface area (Å²) in [5, 5.41) is 40.9. The lowest BCUT2D eigenvalue weighted by atomic mass is 9.80. The van der Waals surface area contributed by atoms with Gasteiger partial charge in [0.2, 0.25) is 11.8 Å². The number of allylic oxidation sites excluding steroid dienone is 2. The highest BCUT2D eigenvalue weighted by atomic mass is 16.4. The Kier molecular flexibility index (Phi) is 16.0. The van der Waals surface area contributed by atoms with Crippen LogP contribution in [0.1, 0.15) is 56.3 Å². The maximum absolute atomic E-state index is 12.4.